The van der Waals surface area contributed by atoms with Gasteiger partial charge in [0, 0.05) is 29.6 Å². The molecule has 0 spiro atoms. The number of thiazole rings is 1. The van der Waals surface area contributed by atoms with Crippen LogP contribution < -0.4 is 19.5 Å². The predicted octanol–water partition coefficient (Wildman–Crippen LogP) is 5.03. The lowest BCUT2D eigenvalue weighted by Gasteiger charge is -2.33. The van der Waals surface area contributed by atoms with Crippen LogP contribution in [0.1, 0.15) is 42.7 Å². The van der Waals surface area contributed by atoms with Crippen molar-refractivity contribution in [2.75, 3.05) is 6.54 Å². The van der Waals surface area contributed by atoms with Gasteiger partial charge in [-0.15, -0.1) is 24.5 Å². The quantitative estimate of drug-likeness (QED) is 0.200. The normalized spacial score (nSPS) is 16.4. The number of hydroxylamine groups is 2. The molecule has 2 heterocycles. The molecule has 13 nitrogen and oxygen atoms in total. The summed E-state index contributed by atoms with van der Waals surface area (Å²) in [4.78, 5) is 35.4. The van der Waals surface area contributed by atoms with Crippen LogP contribution in [0.15, 0.2) is 69.0 Å². The Balaban J connectivity index is 1.69. The van der Waals surface area contributed by atoms with E-state index in [0.29, 0.717) is 4.91 Å². The van der Waals surface area contributed by atoms with Crippen molar-refractivity contribution in [3.05, 3.63) is 80.2 Å². The van der Waals surface area contributed by atoms with Crippen molar-refractivity contribution in [2.24, 2.45) is 0 Å². The summed E-state index contributed by atoms with van der Waals surface area (Å²) >= 11 is 8.06. The third-order valence-electron chi connectivity index (χ3n) is 7.17. The Labute approximate surface area is 299 Å². The summed E-state index contributed by atoms with van der Waals surface area (Å²) in [5.41, 5.74) is -1.92. The minimum Gasteiger partial charge on any atom is -0.406 e. The van der Waals surface area contributed by atoms with Crippen molar-refractivity contribution in [3.63, 3.8) is 0 Å². The summed E-state index contributed by atoms with van der Waals surface area (Å²) in [5, 5.41) is 3.74. The Morgan fingerprint density at radius 3 is 2.40 bits per heavy atom. The van der Waals surface area contributed by atoms with Crippen molar-refractivity contribution in [2.45, 2.75) is 67.7 Å². The number of carbonyl (C=O) groups excluding carboxylic acids is 2. The van der Waals surface area contributed by atoms with Crippen LogP contribution in [0.5, 0.6) is 5.75 Å². The number of ether oxygens (including phenoxy) is 1. The first-order valence-electron chi connectivity index (χ1n) is 14.5. The highest BCUT2D eigenvalue weighted by Gasteiger charge is 2.48. The van der Waals surface area contributed by atoms with Crippen LogP contribution in [0.4, 0.5) is 13.2 Å². The molecule has 0 saturated heterocycles. The molecule has 0 aliphatic carbocycles. The van der Waals surface area contributed by atoms with Gasteiger partial charge in [-0.05, 0) is 68.1 Å². The zero-order valence-electron chi connectivity index (χ0n) is 26.7. The molecule has 2 unspecified atom stereocenters. The topological polar surface area (TPSA) is 173 Å². The number of rotatable bonds is 14. The Bertz CT molecular complexity index is 2000. The molecular weight excluding hydrogens is 767 g/mol. The number of hydrogen-bond donors (Lipinski definition) is 3. The maximum Gasteiger partial charge on any atom is 0.573 e. The van der Waals surface area contributed by atoms with E-state index in [1.807, 2.05) is 0 Å². The van der Waals surface area contributed by atoms with Gasteiger partial charge in [-0.1, -0.05) is 36.4 Å². The van der Waals surface area contributed by atoms with Crippen molar-refractivity contribution >= 4 is 66.6 Å². The maximum atomic E-state index is 14.2. The standard InChI is InChI=1S/C29H31ClF3N5O8S4/c1-5-28(25-14-34-16-47-25,37-50(43,44)23-10-9-20(13-17(23)2)45-29(31,32)33)26(40)46-38-15-21(11-12-35-19(4)39)48-27(38)36-49(41,42)24-8-6-7-22(30)18(24)3/h6-10,13-16,27,36-37H,5,11-12H2,1-4H3,(H,35,39). The van der Waals surface area contributed by atoms with Gasteiger partial charge in [-0.25, -0.2) is 21.6 Å². The predicted molar refractivity (Wildman–Crippen MR) is 179 cm³/mol. The zero-order valence-corrected chi connectivity index (χ0v) is 30.7. The van der Waals surface area contributed by atoms with Crippen LogP contribution in [0, 0.1) is 13.8 Å². The fourth-order valence-electron chi connectivity index (χ4n) is 4.73. The van der Waals surface area contributed by atoms with Crippen LogP contribution in [0.3, 0.4) is 0 Å². The number of thioether (sulfide) groups is 1. The number of nitrogens with one attached hydrogen (secondary N) is 3. The first-order valence-corrected chi connectivity index (χ1v) is 19.6. The molecule has 50 heavy (non-hydrogen) atoms. The van der Waals surface area contributed by atoms with E-state index >= 15 is 0 Å². The van der Waals surface area contributed by atoms with Crippen LogP contribution in [-0.4, -0.2) is 57.2 Å². The molecule has 272 valence electrons. The van der Waals surface area contributed by atoms with E-state index in [4.69, 9.17) is 16.4 Å². The smallest absolute Gasteiger partial charge is 0.406 e. The second-order valence-corrected chi connectivity index (χ2v) is 16.6. The lowest BCUT2D eigenvalue weighted by atomic mass is 9.96. The number of halogens is 4. The molecule has 0 fully saturated rings. The fraction of sp³-hybridized carbons (Fsp3) is 0.345. The van der Waals surface area contributed by atoms with E-state index in [0.717, 1.165) is 46.4 Å². The monoisotopic (exact) mass is 797 g/mol. The minimum atomic E-state index is -5.01. The largest absolute Gasteiger partial charge is 0.573 e. The Hall–Kier alpha value is -3.40. The summed E-state index contributed by atoms with van der Waals surface area (Å²) < 4.78 is 102. The summed E-state index contributed by atoms with van der Waals surface area (Å²) in [5.74, 6) is -2.12. The van der Waals surface area contributed by atoms with E-state index in [1.165, 1.54) is 63.8 Å². The van der Waals surface area contributed by atoms with Gasteiger partial charge in [0.15, 0.2) is 11.0 Å². The van der Waals surface area contributed by atoms with Gasteiger partial charge in [0.05, 0.1) is 26.4 Å². The van der Waals surface area contributed by atoms with Gasteiger partial charge in [-0.2, -0.15) is 14.5 Å². The van der Waals surface area contributed by atoms with E-state index in [2.05, 4.69) is 24.5 Å². The number of carbonyl (C=O) groups is 2. The molecule has 2 aromatic carbocycles. The maximum absolute atomic E-state index is 14.2. The highest BCUT2D eigenvalue weighted by molar-refractivity contribution is 8.04. The summed E-state index contributed by atoms with van der Waals surface area (Å²) in [6.45, 7) is 5.76. The summed E-state index contributed by atoms with van der Waals surface area (Å²) in [7, 11) is -8.94. The van der Waals surface area contributed by atoms with Crippen molar-refractivity contribution < 1.29 is 49.2 Å². The number of nitrogens with zero attached hydrogens (tertiary/aromatic N) is 2. The fourth-order valence-corrected chi connectivity index (χ4v) is 10.2. The van der Waals surface area contributed by atoms with Crippen LogP contribution in [-0.2, 0) is 40.0 Å². The Morgan fingerprint density at radius 1 is 1.08 bits per heavy atom. The van der Waals surface area contributed by atoms with Crippen LogP contribution in [0.2, 0.25) is 5.02 Å². The third kappa shape index (κ3) is 9.28. The SMILES string of the molecule is CCC(NS(=O)(=O)c1ccc(OC(F)(F)F)cc1C)(C(=O)ON1C=C(CCNC(C)=O)SC1NS(=O)(=O)c1cccc(Cl)c1C)c1cncs1. The number of hydrogen-bond acceptors (Lipinski definition) is 12. The average Bonchev–Trinajstić information content (AvgIpc) is 3.67. The molecule has 1 amide bonds. The van der Waals surface area contributed by atoms with Gasteiger partial charge < -0.3 is 14.9 Å². The molecule has 1 aromatic heterocycles. The minimum absolute atomic E-state index is 0.108. The number of sulfonamides is 2. The molecule has 0 bridgehead atoms. The van der Waals surface area contributed by atoms with Gasteiger partial charge in [0.2, 0.25) is 26.0 Å². The lowest BCUT2D eigenvalue weighted by Crippen LogP contribution is -2.54. The van der Waals surface area contributed by atoms with Gasteiger partial charge >= 0.3 is 12.3 Å². The van der Waals surface area contributed by atoms with Crippen LogP contribution >= 0.6 is 34.7 Å². The molecule has 0 saturated carbocycles. The first kappa shape index (κ1) is 39.4. The highest BCUT2D eigenvalue weighted by Crippen LogP contribution is 2.38. The van der Waals surface area contributed by atoms with Gasteiger partial charge in [-0.3, -0.25) is 9.78 Å². The molecule has 4 rings (SSSR count). The Morgan fingerprint density at radius 2 is 1.80 bits per heavy atom. The number of benzene rings is 2. The van der Waals surface area contributed by atoms with Crippen molar-refractivity contribution in [1.29, 1.82) is 0 Å². The molecule has 1 aliphatic rings. The molecule has 0 radical (unpaired) electrons. The number of alkyl halides is 3. The van der Waals surface area contributed by atoms with E-state index < -0.39 is 54.1 Å². The first-order chi connectivity index (χ1) is 23.3. The van der Waals surface area contributed by atoms with Gasteiger partial charge in [0.1, 0.15) is 5.75 Å². The number of amides is 1. The molecule has 21 heteroatoms. The molecule has 1 aliphatic heterocycles. The highest BCUT2D eigenvalue weighted by atomic mass is 35.5. The number of aryl methyl sites for hydroxylation is 1. The van der Waals surface area contributed by atoms with Gasteiger partial charge in [0.25, 0.3) is 0 Å². The van der Waals surface area contributed by atoms with Crippen molar-refractivity contribution in [3.8, 4) is 5.75 Å². The molecule has 3 aromatic rings. The molecule has 2 atom stereocenters. The molecular formula is C29H31ClF3N5O8S4. The summed E-state index contributed by atoms with van der Waals surface area (Å²) in [6.07, 6.45) is -2.43. The third-order valence-corrected chi connectivity index (χ3v) is 13.0. The number of aromatic nitrogens is 1. The average molecular weight is 798 g/mol. The second kappa shape index (κ2) is 15.5. The van der Waals surface area contributed by atoms with E-state index in [1.54, 1.807) is 0 Å². The zero-order chi connectivity index (χ0) is 37.1. The van der Waals surface area contributed by atoms with E-state index in [-0.39, 0.29) is 51.2 Å². The lowest BCUT2D eigenvalue weighted by molar-refractivity contribution is -0.274. The van der Waals surface area contributed by atoms with Crippen molar-refractivity contribution in [1.82, 2.24) is 24.8 Å². The van der Waals surface area contributed by atoms with Crippen LogP contribution in [0.25, 0.3) is 0 Å². The molecule has 3 N–H and O–H groups in total. The second-order valence-electron chi connectivity index (χ2n) is 10.7. The van der Waals surface area contributed by atoms with E-state index in [9.17, 15) is 39.6 Å². The summed E-state index contributed by atoms with van der Waals surface area (Å²) in [6, 6.07) is 6.92. The Kier molecular flexibility index (Phi) is 12.2.